The summed E-state index contributed by atoms with van der Waals surface area (Å²) < 4.78 is 6.65. The summed E-state index contributed by atoms with van der Waals surface area (Å²) in [4.78, 5) is 41.4. The average molecular weight is 623 g/mol. The summed E-state index contributed by atoms with van der Waals surface area (Å²) in [5.74, 6) is -1.39. The van der Waals surface area contributed by atoms with Crippen LogP contribution in [0.25, 0.3) is 22.4 Å². The van der Waals surface area contributed by atoms with E-state index in [2.05, 4.69) is 15.7 Å². The van der Waals surface area contributed by atoms with Crippen molar-refractivity contribution in [3.63, 3.8) is 0 Å². The van der Waals surface area contributed by atoms with E-state index in [-0.39, 0.29) is 16.6 Å². The minimum atomic E-state index is -0.780. The van der Waals surface area contributed by atoms with Gasteiger partial charge in [0, 0.05) is 48.1 Å². The van der Waals surface area contributed by atoms with E-state index in [9.17, 15) is 19.5 Å². The van der Waals surface area contributed by atoms with Gasteiger partial charge < -0.3 is 20.5 Å². The van der Waals surface area contributed by atoms with Gasteiger partial charge in [-0.25, -0.2) is 9.67 Å². The fourth-order valence-corrected chi connectivity index (χ4v) is 5.91. The number of carboxylic acid groups (broad SMARTS) is 1. The SMILES string of the molecule is COc1nc(-c2cccc(-c3cccc(NC(=O)c4ccnn(C)c4=O)c3Cl)c2Cl)ccc1CN[C@@H]1CCC[C@@H]1C(=O)O. The van der Waals surface area contributed by atoms with E-state index in [4.69, 9.17) is 32.9 Å². The molecule has 5 rings (SSSR count). The number of carbonyl (C=O) groups is 2. The van der Waals surface area contributed by atoms with Gasteiger partial charge in [0.15, 0.2) is 0 Å². The lowest BCUT2D eigenvalue weighted by molar-refractivity contribution is -0.142. The average Bonchev–Trinajstić information content (AvgIpc) is 3.48. The van der Waals surface area contributed by atoms with Crippen LogP contribution in [-0.2, 0) is 18.4 Å². The first-order valence-corrected chi connectivity index (χ1v) is 14.4. The number of rotatable bonds is 9. The molecule has 1 aliphatic carbocycles. The molecule has 3 N–H and O–H groups in total. The van der Waals surface area contributed by atoms with Crippen LogP contribution in [0.2, 0.25) is 10.0 Å². The Balaban J connectivity index is 1.41. The van der Waals surface area contributed by atoms with E-state index in [0.29, 0.717) is 51.9 Å². The number of carboxylic acids is 1. The van der Waals surface area contributed by atoms with Crippen LogP contribution < -0.4 is 20.9 Å². The van der Waals surface area contributed by atoms with Gasteiger partial charge in [0.05, 0.1) is 34.5 Å². The second-order valence-electron chi connectivity index (χ2n) is 10.2. The van der Waals surface area contributed by atoms with Gasteiger partial charge in [-0.1, -0.05) is 66.0 Å². The number of hydrogen-bond acceptors (Lipinski definition) is 7. The van der Waals surface area contributed by atoms with Crippen LogP contribution in [0.4, 0.5) is 5.69 Å². The molecule has 2 heterocycles. The minimum absolute atomic E-state index is 0.0670. The smallest absolute Gasteiger partial charge is 0.308 e. The van der Waals surface area contributed by atoms with Crippen molar-refractivity contribution in [3.05, 3.63) is 92.3 Å². The maximum absolute atomic E-state index is 12.9. The van der Waals surface area contributed by atoms with E-state index in [1.807, 2.05) is 30.3 Å². The molecular formula is C31H29Cl2N5O5. The third-order valence-corrected chi connectivity index (χ3v) is 8.40. The van der Waals surface area contributed by atoms with Crippen LogP contribution in [-0.4, -0.2) is 44.9 Å². The predicted molar refractivity (Wildman–Crippen MR) is 165 cm³/mol. The monoisotopic (exact) mass is 621 g/mol. The number of methoxy groups -OCH3 is 1. The molecule has 0 unspecified atom stereocenters. The van der Waals surface area contributed by atoms with E-state index in [0.717, 1.165) is 23.1 Å². The summed E-state index contributed by atoms with van der Waals surface area (Å²) in [6, 6.07) is 15.6. The Kier molecular flexibility index (Phi) is 9.10. The molecule has 222 valence electrons. The Morgan fingerprint density at radius 3 is 2.49 bits per heavy atom. The van der Waals surface area contributed by atoms with Crippen LogP contribution in [0.1, 0.15) is 35.2 Å². The molecule has 2 atom stereocenters. The van der Waals surface area contributed by atoms with Gasteiger partial charge in [-0.15, -0.1) is 0 Å². The number of nitrogens with zero attached hydrogens (tertiary/aromatic N) is 3. The van der Waals surface area contributed by atoms with Crippen molar-refractivity contribution >= 4 is 40.8 Å². The molecule has 4 aromatic rings. The predicted octanol–water partition coefficient (Wildman–Crippen LogP) is 5.42. The summed E-state index contributed by atoms with van der Waals surface area (Å²) >= 11 is 13.7. The fraction of sp³-hybridized carbons (Fsp3) is 0.258. The Hall–Kier alpha value is -4.25. The number of ether oxygens (including phenoxy) is 1. The van der Waals surface area contributed by atoms with Crippen molar-refractivity contribution in [1.82, 2.24) is 20.1 Å². The quantitative estimate of drug-likeness (QED) is 0.225. The molecule has 10 nitrogen and oxygen atoms in total. The lowest BCUT2D eigenvalue weighted by atomic mass is 10.00. The number of aromatic nitrogens is 3. The fourth-order valence-electron chi connectivity index (χ4n) is 5.31. The molecule has 1 fully saturated rings. The van der Waals surface area contributed by atoms with Crippen molar-refractivity contribution in [3.8, 4) is 28.3 Å². The number of anilines is 1. The molecule has 0 bridgehead atoms. The van der Waals surface area contributed by atoms with Crippen molar-refractivity contribution in [2.24, 2.45) is 13.0 Å². The maximum Gasteiger partial charge on any atom is 0.308 e. The van der Waals surface area contributed by atoms with Gasteiger partial charge in [-0.05, 0) is 31.0 Å². The third-order valence-electron chi connectivity index (χ3n) is 7.58. The van der Waals surface area contributed by atoms with E-state index in [1.165, 1.54) is 26.4 Å². The standard InChI is InChI=1S/C31H29Cl2N5O5/c1-38-30(40)22(14-15-35-38)28(39)36-25-11-4-7-19(27(25)33)18-6-3-8-20(26(18)32)24-13-12-17(29(37-24)43-2)16-34-23-10-5-9-21(23)31(41)42/h3-4,6-8,11-15,21,23,34H,5,9-10,16H2,1-2H3,(H,36,39)(H,41,42)/t21-,23+/m0/s1. The van der Waals surface area contributed by atoms with E-state index in [1.54, 1.807) is 18.2 Å². The van der Waals surface area contributed by atoms with Gasteiger partial charge in [0.2, 0.25) is 5.88 Å². The molecule has 1 amide bonds. The number of pyridine rings is 1. The number of halogens is 2. The molecule has 0 spiro atoms. The Morgan fingerprint density at radius 1 is 1.02 bits per heavy atom. The largest absolute Gasteiger partial charge is 0.481 e. The molecule has 1 aliphatic rings. The third kappa shape index (κ3) is 6.27. The normalized spacial score (nSPS) is 16.2. The van der Waals surface area contributed by atoms with E-state index >= 15 is 0 Å². The van der Waals surface area contributed by atoms with Crippen molar-refractivity contribution in [2.75, 3.05) is 12.4 Å². The number of hydrogen-bond donors (Lipinski definition) is 3. The molecular weight excluding hydrogens is 593 g/mol. The van der Waals surface area contributed by atoms with Crippen LogP contribution in [0.3, 0.4) is 0 Å². The first kappa shape index (κ1) is 30.2. The zero-order valence-corrected chi connectivity index (χ0v) is 24.9. The highest BCUT2D eigenvalue weighted by atomic mass is 35.5. The Labute approximate surface area is 257 Å². The number of nitrogens with one attached hydrogen (secondary N) is 2. The summed E-state index contributed by atoms with van der Waals surface area (Å²) in [5, 5.41) is 20.0. The van der Waals surface area contributed by atoms with Crippen molar-refractivity contribution in [2.45, 2.75) is 31.8 Å². The zero-order chi connectivity index (χ0) is 30.7. The highest BCUT2D eigenvalue weighted by molar-refractivity contribution is 6.39. The number of amides is 1. The van der Waals surface area contributed by atoms with E-state index < -0.39 is 23.4 Å². The lowest BCUT2D eigenvalue weighted by Gasteiger charge is -2.19. The van der Waals surface area contributed by atoms with Crippen LogP contribution in [0, 0.1) is 5.92 Å². The summed E-state index contributed by atoms with van der Waals surface area (Å²) in [5.41, 5.74) is 2.92. The summed E-state index contributed by atoms with van der Waals surface area (Å²) in [6.45, 7) is 0.415. The molecule has 0 radical (unpaired) electrons. The number of carbonyl (C=O) groups excluding carboxylic acids is 1. The second-order valence-corrected chi connectivity index (χ2v) is 10.9. The first-order chi connectivity index (χ1) is 20.7. The number of aliphatic carboxylic acids is 1. The summed E-state index contributed by atoms with van der Waals surface area (Å²) in [7, 11) is 2.99. The van der Waals surface area contributed by atoms with Crippen molar-refractivity contribution < 1.29 is 19.4 Å². The van der Waals surface area contributed by atoms with Crippen LogP contribution >= 0.6 is 23.2 Å². The van der Waals surface area contributed by atoms with Gasteiger partial charge in [0.1, 0.15) is 5.56 Å². The van der Waals surface area contributed by atoms with Gasteiger partial charge in [-0.2, -0.15) is 5.10 Å². The van der Waals surface area contributed by atoms with Gasteiger partial charge >= 0.3 is 5.97 Å². The highest BCUT2D eigenvalue weighted by Crippen LogP contribution is 2.41. The lowest BCUT2D eigenvalue weighted by Crippen LogP contribution is -2.35. The Morgan fingerprint density at radius 2 is 1.74 bits per heavy atom. The molecule has 2 aromatic carbocycles. The topological polar surface area (TPSA) is 135 Å². The van der Waals surface area contributed by atoms with Crippen molar-refractivity contribution in [1.29, 1.82) is 0 Å². The maximum atomic E-state index is 12.9. The second kappa shape index (κ2) is 12.9. The molecule has 43 heavy (non-hydrogen) atoms. The molecule has 2 aromatic heterocycles. The van der Waals surface area contributed by atoms with Crippen LogP contribution in [0.15, 0.2) is 65.6 Å². The molecule has 1 saturated carbocycles. The highest BCUT2D eigenvalue weighted by Gasteiger charge is 2.32. The Bertz CT molecular complexity index is 1760. The molecule has 0 aliphatic heterocycles. The number of aryl methyl sites for hydroxylation is 1. The zero-order valence-electron chi connectivity index (χ0n) is 23.4. The van der Waals surface area contributed by atoms with Gasteiger partial charge in [0.25, 0.3) is 11.5 Å². The van der Waals surface area contributed by atoms with Gasteiger partial charge in [-0.3, -0.25) is 14.4 Å². The summed E-state index contributed by atoms with van der Waals surface area (Å²) in [6.07, 6.45) is 3.72. The molecule has 0 saturated heterocycles. The minimum Gasteiger partial charge on any atom is -0.481 e. The molecule has 12 heteroatoms. The number of benzene rings is 2. The first-order valence-electron chi connectivity index (χ1n) is 13.6. The van der Waals surface area contributed by atoms with Crippen LogP contribution in [0.5, 0.6) is 5.88 Å².